The Morgan fingerprint density at radius 1 is 1.20 bits per heavy atom. The lowest BCUT2D eigenvalue weighted by molar-refractivity contribution is -0.131. The maximum absolute atomic E-state index is 12.4. The summed E-state index contributed by atoms with van der Waals surface area (Å²) in [6, 6.07) is 8.28. The average Bonchev–Trinajstić information content (AvgIpc) is 3.26. The Morgan fingerprint density at radius 3 is 2.76 bits per heavy atom. The fourth-order valence-electron chi connectivity index (χ4n) is 3.08. The molecular formula is C16H19N7OS. The molecule has 4 rings (SSSR count). The predicted molar refractivity (Wildman–Crippen MR) is 95.6 cm³/mol. The lowest BCUT2D eigenvalue weighted by Crippen LogP contribution is -2.49. The van der Waals surface area contributed by atoms with Gasteiger partial charge >= 0.3 is 0 Å². The first kappa shape index (κ1) is 15.9. The molecule has 0 aliphatic carbocycles. The van der Waals surface area contributed by atoms with E-state index in [0.717, 1.165) is 37.8 Å². The van der Waals surface area contributed by atoms with Crippen molar-refractivity contribution in [3.05, 3.63) is 30.1 Å². The first-order valence-electron chi connectivity index (χ1n) is 8.32. The lowest BCUT2D eigenvalue weighted by Gasteiger charge is -2.35. The van der Waals surface area contributed by atoms with E-state index in [1.165, 1.54) is 21.6 Å². The molecule has 1 amide bonds. The van der Waals surface area contributed by atoms with Crippen LogP contribution in [-0.2, 0) is 11.3 Å². The molecule has 130 valence electrons. The number of amides is 1. The fraction of sp³-hybridized carbons (Fsp3) is 0.438. The van der Waals surface area contributed by atoms with E-state index in [-0.39, 0.29) is 5.91 Å². The van der Waals surface area contributed by atoms with Crippen molar-refractivity contribution in [1.82, 2.24) is 29.5 Å². The minimum atomic E-state index is 0.151. The summed E-state index contributed by atoms with van der Waals surface area (Å²) in [5.74, 6) is 1.92. The fourth-order valence-corrected chi connectivity index (χ4v) is 3.88. The number of anilines is 1. The number of aromatic nitrogens is 5. The number of carbonyl (C=O) groups is 1. The van der Waals surface area contributed by atoms with Gasteiger partial charge in [-0.2, -0.15) is 4.37 Å². The molecule has 0 radical (unpaired) electrons. The van der Waals surface area contributed by atoms with Crippen LogP contribution in [0.2, 0.25) is 0 Å². The number of fused-ring (bicyclic) bond motifs is 1. The topological polar surface area (TPSA) is 80.0 Å². The highest BCUT2D eigenvalue weighted by Gasteiger charge is 2.23. The summed E-state index contributed by atoms with van der Waals surface area (Å²) in [4.78, 5) is 16.6. The zero-order chi connectivity index (χ0) is 17.2. The summed E-state index contributed by atoms with van der Waals surface area (Å²) in [6.45, 7) is 5.42. The molecule has 1 saturated heterocycles. The van der Waals surface area contributed by atoms with E-state index in [1.54, 1.807) is 4.68 Å². The number of rotatable bonds is 4. The quantitative estimate of drug-likeness (QED) is 0.701. The summed E-state index contributed by atoms with van der Waals surface area (Å²) in [5.41, 5.74) is 0. The number of hydrogen-bond donors (Lipinski definition) is 0. The number of aryl methyl sites for hydroxylation is 2. The molecule has 1 aliphatic rings. The van der Waals surface area contributed by atoms with Crippen molar-refractivity contribution in [2.75, 3.05) is 31.1 Å². The molecular weight excluding hydrogens is 338 g/mol. The third kappa shape index (κ3) is 3.19. The Hall–Kier alpha value is -2.55. The van der Waals surface area contributed by atoms with E-state index < -0.39 is 0 Å². The van der Waals surface area contributed by atoms with Gasteiger partial charge in [0.05, 0.1) is 11.2 Å². The Labute approximate surface area is 149 Å². The first-order chi connectivity index (χ1) is 12.2. The number of tetrazole rings is 1. The van der Waals surface area contributed by atoms with Crippen molar-refractivity contribution in [3.8, 4) is 0 Å². The van der Waals surface area contributed by atoms with Gasteiger partial charge < -0.3 is 9.80 Å². The SMILES string of the molecule is Cc1nnnn1CCC(=O)N1CCN(c2nsc3ccccc23)CC1. The number of hydrogen-bond acceptors (Lipinski definition) is 7. The van der Waals surface area contributed by atoms with Crippen molar-refractivity contribution in [2.24, 2.45) is 0 Å². The van der Waals surface area contributed by atoms with Gasteiger partial charge in [0.25, 0.3) is 0 Å². The maximum atomic E-state index is 12.4. The van der Waals surface area contributed by atoms with E-state index in [2.05, 4.69) is 36.9 Å². The van der Waals surface area contributed by atoms with Crippen LogP contribution in [0.15, 0.2) is 24.3 Å². The van der Waals surface area contributed by atoms with Crippen molar-refractivity contribution in [3.63, 3.8) is 0 Å². The van der Waals surface area contributed by atoms with Gasteiger partial charge in [-0.3, -0.25) is 4.79 Å². The second-order valence-corrected chi connectivity index (χ2v) is 6.87. The Bertz CT molecular complexity index is 881. The summed E-state index contributed by atoms with van der Waals surface area (Å²) in [6.07, 6.45) is 0.422. The van der Waals surface area contributed by atoms with Crippen LogP contribution in [0.25, 0.3) is 10.1 Å². The summed E-state index contributed by atoms with van der Waals surface area (Å²) in [5, 5.41) is 12.5. The van der Waals surface area contributed by atoms with Crippen LogP contribution in [0, 0.1) is 6.92 Å². The Kier molecular flexibility index (Phi) is 4.31. The molecule has 1 aromatic carbocycles. The molecule has 3 aromatic rings. The van der Waals surface area contributed by atoms with Crippen molar-refractivity contribution in [2.45, 2.75) is 19.9 Å². The van der Waals surface area contributed by atoms with Crippen LogP contribution >= 0.6 is 11.5 Å². The Balaban J connectivity index is 1.35. The smallest absolute Gasteiger partial charge is 0.224 e. The van der Waals surface area contributed by atoms with E-state index in [1.807, 2.05) is 24.0 Å². The number of benzene rings is 1. The molecule has 0 saturated carbocycles. The highest BCUT2D eigenvalue weighted by Crippen LogP contribution is 2.29. The van der Waals surface area contributed by atoms with Crippen molar-refractivity contribution >= 4 is 33.3 Å². The average molecular weight is 357 g/mol. The second-order valence-electron chi connectivity index (χ2n) is 6.07. The number of piperazine rings is 1. The minimum Gasteiger partial charge on any atom is -0.352 e. The third-order valence-corrected chi connectivity index (χ3v) is 5.36. The van der Waals surface area contributed by atoms with Gasteiger partial charge in [-0.1, -0.05) is 12.1 Å². The highest BCUT2D eigenvalue weighted by atomic mass is 32.1. The van der Waals surface area contributed by atoms with Crippen LogP contribution < -0.4 is 4.90 Å². The molecule has 0 N–H and O–H groups in total. The van der Waals surface area contributed by atoms with Gasteiger partial charge in [0.2, 0.25) is 5.91 Å². The first-order valence-corrected chi connectivity index (χ1v) is 9.09. The number of carbonyl (C=O) groups excluding carboxylic acids is 1. The summed E-state index contributed by atoms with van der Waals surface area (Å²) < 4.78 is 7.47. The lowest BCUT2D eigenvalue weighted by atomic mass is 10.2. The molecule has 0 atom stereocenters. The minimum absolute atomic E-state index is 0.151. The van der Waals surface area contributed by atoms with E-state index in [0.29, 0.717) is 13.0 Å². The van der Waals surface area contributed by atoms with Gasteiger partial charge in [0, 0.05) is 38.0 Å². The largest absolute Gasteiger partial charge is 0.352 e. The molecule has 8 nitrogen and oxygen atoms in total. The molecule has 1 fully saturated rings. The van der Waals surface area contributed by atoms with Crippen LogP contribution in [-0.4, -0.2) is 61.6 Å². The Morgan fingerprint density at radius 2 is 2.00 bits per heavy atom. The van der Waals surface area contributed by atoms with Crippen LogP contribution in [0.5, 0.6) is 0 Å². The van der Waals surface area contributed by atoms with E-state index in [4.69, 9.17) is 0 Å². The summed E-state index contributed by atoms with van der Waals surface area (Å²) >= 11 is 1.53. The maximum Gasteiger partial charge on any atom is 0.224 e. The van der Waals surface area contributed by atoms with Gasteiger partial charge in [-0.15, -0.1) is 5.10 Å². The zero-order valence-corrected chi connectivity index (χ0v) is 14.8. The zero-order valence-electron chi connectivity index (χ0n) is 14.0. The van der Waals surface area contributed by atoms with E-state index >= 15 is 0 Å². The predicted octanol–water partition coefficient (Wildman–Crippen LogP) is 1.33. The molecule has 1 aliphatic heterocycles. The van der Waals surface area contributed by atoms with Crippen molar-refractivity contribution < 1.29 is 4.79 Å². The second kappa shape index (κ2) is 6.75. The molecule has 9 heteroatoms. The normalized spacial score (nSPS) is 15.1. The monoisotopic (exact) mass is 357 g/mol. The molecule has 0 spiro atoms. The number of nitrogens with zero attached hydrogens (tertiary/aromatic N) is 7. The van der Waals surface area contributed by atoms with Crippen LogP contribution in [0.1, 0.15) is 12.2 Å². The molecule has 0 unspecified atom stereocenters. The van der Waals surface area contributed by atoms with Gasteiger partial charge in [-0.05, 0) is 41.0 Å². The van der Waals surface area contributed by atoms with Gasteiger partial charge in [-0.25, -0.2) is 4.68 Å². The third-order valence-electron chi connectivity index (χ3n) is 4.54. The molecule has 0 bridgehead atoms. The molecule has 2 aromatic heterocycles. The van der Waals surface area contributed by atoms with Crippen LogP contribution in [0.4, 0.5) is 5.82 Å². The molecule has 3 heterocycles. The van der Waals surface area contributed by atoms with Crippen LogP contribution in [0.3, 0.4) is 0 Å². The van der Waals surface area contributed by atoms with Gasteiger partial charge in [0.1, 0.15) is 11.6 Å². The molecule has 25 heavy (non-hydrogen) atoms. The highest BCUT2D eigenvalue weighted by molar-refractivity contribution is 7.13. The van der Waals surface area contributed by atoms with Gasteiger partial charge in [0.15, 0.2) is 0 Å². The van der Waals surface area contributed by atoms with Crippen molar-refractivity contribution in [1.29, 1.82) is 0 Å². The van der Waals surface area contributed by atoms with E-state index in [9.17, 15) is 4.79 Å². The standard InChI is InChI=1S/C16H19N7OS/c1-12-17-19-20-23(12)7-6-15(24)21-8-10-22(11-9-21)16-13-4-2-3-5-14(13)25-18-16/h2-5H,6-11H2,1H3. The summed E-state index contributed by atoms with van der Waals surface area (Å²) in [7, 11) is 0.